The lowest BCUT2D eigenvalue weighted by Crippen LogP contribution is -2.14. The van der Waals surface area contributed by atoms with Crippen molar-refractivity contribution in [1.82, 2.24) is 19.6 Å². The Balaban J connectivity index is 1.95. The van der Waals surface area contributed by atoms with Crippen LogP contribution in [0.3, 0.4) is 0 Å². The normalized spacial score (nSPS) is 13.2. The summed E-state index contributed by atoms with van der Waals surface area (Å²) in [6.45, 7) is 3.78. The highest BCUT2D eigenvalue weighted by molar-refractivity contribution is 7.89. The van der Waals surface area contributed by atoms with Gasteiger partial charge < -0.3 is 5.32 Å². The maximum absolute atomic E-state index is 11.5. The van der Waals surface area contributed by atoms with Crippen LogP contribution in [-0.4, -0.2) is 28.0 Å². The molecule has 2 heterocycles. The quantitative estimate of drug-likeness (QED) is 0.743. The van der Waals surface area contributed by atoms with E-state index in [0.29, 0.717) is 5.78 Å². The van der Waals surface area contributed by atoms with Crippen LogP contribution >= 0.6 is 0 Å². The van der Waals surface area contributed by atoms with E-state index >= 15 is 0 Å². The molecule has 0 saturated carbocycles. The Labute approximate surface area is 133 Å². The third-order valence-electron chi connectivity index (χ3n) is 3.43. The number of hydrogen-bond donors (Lipinski definition) is 2. The van der Waals surface area contributed by atoms with Gasteiger partial charge in [0.2, 0.25) is 10.0 Å². The summed E-state index contributed by atoms with van der Waals surface area (Å²) in [5.74, 6) is 1.22. The molecule has 0 unspecified atom stereocenters. The average molecular weight is 332 g/mol. The SMILES string of the molecule is Cc1cc(N[C@H](C)c2cccc(S(N)(=O)=O)c2)n2ncnc2n1. The van der Waals surface area contributed by atoms with Crippen molar-refractivity contribution in [3.63, 3.8) is 0 Å². The topological polar surface area (TPSA) is 115 Å². The van der Waals surface area contributed by atoms with E-state index in [0.717, 1.165) is 17.1 Å². The van der Waals surface area contributed by atoms with E-state index in [-0.39, 0.29) is 10.9 Å². The van der Waals surface area contributed by atoms with Crippen LogP contribution in [0.5, 0.6) is 0 Å². The molecule has 3 rings (SSSR count). The predicted molar refractivity (Wildman–Crippen MR) is 85.4 cm³/mol. The van der Waals surface area contributed by atoms with Gasteiger partial charge in [-0.25, -0.2) is 18.5 Å². The number of nitrogens with zero attached hydrogens (tertiary/aromatic N) is 4. The smallest absolute Gasteiger partial charge is 0.254 e. The van der Waals surface area contributed by atoms with Crippen molar-refractivity contribution in [3.05, 3.63) is 47.9 Å². The Morgan fingerprint density at radius 2 is 2.09 bits per heavy atom. The zero-order valence-corrected chi connectivity index (χ0v) is 13.4. The third kappa shape index (κ3) is 3.15. The van der Waals surface area contributed by atoms with E-state index in [1.807, 2.05) is 26.0 Å². The number of fused-ring (bicyclic) bond motifs is 1. The molecule has 0 aliphatic heterocycles. The first-order valence-electron chi connectivity index (χ1n) is 6.91. The molecule has 3 N–H and O–H groups in total. The maximum Gasteiger partial charge on any atom is 0.254 e. The molecule has 23 heavy (non-hydrogen) atoms. The monoisotopic (exact) mass is 332 g/mol. The fourth-order valence-electron chi connectivity index (χ4n) is 2.30. The second kappa shape index (κ2) is 5.60. The highest BCUT2D eigenvalue weighted by Gasteiger charge is 2.13. The van der Waals surface area contributed by atoms with Crippen molar-refractivity contribution in [3.8, 4) is 0 Å². The summed E-state index contributed by atoms with van der Waals surface area (Å²) in [7, 11) is -3.73. The fourth-order valence-corrected chi connectivity index (χ4v) is 2.87. The highest BCUT2D eigenvalue weighted by atomic mass is 32.2. The van der Waals surface area contributed by atoms with Crippen LogP contribution in [0, 0.1) is 6.92 Å². The number of aromatic nitrogens is 4. The number of sulfonamides is 1. The molecular weight excluding hydrogens is 316 g/mol. The summed E-state index contributed by atoms with van der Waals surface area (Å²) in [5, 5.41) is 12.6. The van der Waals surface area contributed by atoms with Crippen LogP contribution in [-0.2, 0) is 10.0 Å². The standard InChI is InChI=1S/C14H16N6O2S/c1-9-6-13(20-14(18-9)16-8-17-20)19-10(2)11-4-3-5-12(7-11)23(15,21)22/h3-8,10,19H,1-2H3,(H2,15,21,22)/t10-/m1/s1. The predicted octanol–water partition coefficient (Wildman–Crippen LogP) is 1.25. The van der Waals surface area contributed by atoms with Gasteiger partial charge in [0.25, 0.3) is 5.78 Å². The van der Waals surface area contributed by atoms with E-state index in [1.165, 1.54) is 12.4 Å². The second-order valence-electron chi connectivity index (χ2n) is 5.24. The summed E-state index contributed by atoms with van der Waals surface area (Å²) in [6.07, 6.45) is 1.43. The lowest BCUT2D eigenvalue weighted by molar-refractivity contribution is 0.597. The molecule has 0 amide bonds. The first-order valence-corrected chi connectivity index (χ1v) is 8.46. The van der Waals surface area contributed by atoms with Gasteiger partial charge in [-0.1, -0.05) is 12.1 Å². The van der Waals surface area contributed by atoms with Crippen molar-refractivity contribution in [2.45, 2.75) is 24.8 Å². The second-order valence-corrected chi connectivity index (χ2v) is 6.80. The number of nitrogens with one attached hydrogen (secondary N) is 1. The number of rotatable bonds is 4. The number of anilines is 1. The molecule has 0 bridgehead atoms. The summed E-state index contributed by atoms with van der Waals surface area (Å²) in [5.41, 5.74) is 1.60. The summed E-state index contributed by atoms with van der Waals surface area (Å²) in [6, 6.07) is 8.21. The van der Waals surface area contributed by atoms with Gasteiger partial charge in [-0.05, 0) is 31.5 Å². The van der Waals surface area contributed by atoms with Crippen LogP contribution < -0.4 is 10.5 Å². The lowest BCUT2D eigenvalue weighted by atomic mass is 10.1. The van der Waals surface area contributed by atoms with E-state index in [9.17, 15) is 8.42 Å². The Hall–Kier alpha value is -2.52. The zero-order chi connectivity index (χ0) is 16.6. The number of nitrogens with two attached hydrogens (primary N) is 1. The number of hydrogen-bond acceptors (Lipinski definition) is 6. The molecule has 0 spiro atoms. The van der Waals surface area contributed by atoms with Gasteiger partial charge in [0.1, 0.15) is 12.1 Å². The summed E-state index contributed by atoms with van der Waals surface area (Å²) in [4.78, 5) is 8.43. The minimum absolute atomic E-state index is 0.0838. The molecule has 8 nitrogen and oxygen atoms in total. The minimum Gasteiger partial charge on any atom is -0.363 e. The van der Waals surface area contributed by atoms with Gasteiger partial charge >= 0.3 is 0 Å². The molecular formula is C14H16N6O2S. The highest BCUT2D eigenvalue weighted by Crippen LogP contribution is 2.21. The molecule has 1 aromatic carbocycles. The van der Waals surface area contributed by atoms with Gasteiger partial charge in [-0.3, -0.25) is 0 Å². The maximum atomic E-state index is 11.5. The number of primary sulfonamides is 1. The summed E-state index contributed by atoms with van der Waals surface area (Å²) >= 11 is 0. The molecule has 120 valence electrons. The molecule has 0 saturated heterocycles. The molecule has 9 heteroatoms. The molecule has 0 aliphatic rings. The fraction of sp³-hybridized carbons (Fsp3) is 0.214. The van der Waals surface area contributed by atoms with E-state index in [4.69, 9.17) is 5.14 Å². The third-order valence-corrected chi connectivity index (χ3v) is 4.34. The van der Waals surface area contributed by atoms with Crippen LogP contribution in [0.15, 0.2) is 41.6 Å². The molecule has 0 fully saturated rings. The lowest BCUT2D eigenvalue weighted by Gasteiger charge is -2.17. The van der Waals surface area contributed by atoms with E-state index < -0.39 is 10.0 Å². The van der Waals surface area contributed by atoms with Crippen molar-refractivity contribution in [2.24, 2.45) is 5.14 Å². The number of benzene rings is 1. The van der Waals surface area contributed by atoms with E-state index in [2.05, 4.69) is 20.4 Å². The Bertz CT molecular complexity index is 966. The van der Waals surface area contributed by atoms with Crippen molar-refractivity contribution < 1.29 is 8.42 Å². The Kier molecular flexibility index (Phi) is 3.74. The van der Waals surface area contributed by atoms with Gasteiger partial charge in [-0.15, -0.1) is 0 Å². The molecule has 3 aromatic rings. The van der Waals surface area contributed by atoms with E-state index in [1.54, 1.807) is 16.6 Å². The number of aryl methyl sites for hydroxylation is 1. The van der Waals surface area contributed by atoms with Gasteiger partial charge in [-0.2, -0.15) is 14.6 Å². The molecule has 0 aliphatic carbocycles. The van der Waals surface area contributed by atoms with Gasteiger partial charge in [0.05, 0.1) is 4.90 Å². The Morgan fingerprint density at radius 1 is 1.30 bits per heavy atom. The Morgan fingerprint density at radius 3 is 2.83 bits per heavy atom. The van der Waals surface area contributed by atoms with Crippen LogP contribution in [0.25, 0.3) is 5.78 Å². The summed E-state index contributed by atoms with van der Waals surface area (Å²) < 4.78 is 24.5. The minimum atomic E-state index is -3.73. The van der Waals surface area contributed by atoms with Crippen molar-refractivity contribution in [2.75, 3.05) is 5.32 Å². The largest absolute Gasteiger partial charge is 0.363 e. The first kappa shape index (κ1) is 15.4. The first-order chi connectivity index (χ1) is 10.8. The van der Waals surface area contributed by atoms with Crippen LogP contribution in [0.1, 0.15) is 24.2 Å². The van der Waals surface area contributed by atoms with Crippen LogP contribution in [0.4, 0.5) is 5.82 Å². The molecule has 2 aromatic heterocycles. The van der Waals surface area contributed by atoms with Gasteiger partial charge in [0, 0.05) is 17.8 Å². The van der Waals surface area contributed by atoms with Crippen molar-refractivity contribution in [1.29, 1.82) is 0 Å². The van der Waals surface area contributed by atoms with Crippen LogP contribution in [0.2, 0.25) is 0 Å². The molecule has 0 radical (unpaired) electrons. The molecule has 1 atom stereocenters. The van der Waals surface area contributed by atoms with Crippen molar-refractivity contribution >= 4 is 21.6 Å². The zero-order valence-electron chi connectivity index (χ0n) is 12.6. The average Bonchev–Trinajstić information content (AvgIpc) is 2.94. The van der Waals surface area contributed by atoms with Gasteiger partial charge in [0.15, 0.2) is 0 Å².